The Morgan fingerprint density at radius 1 is 1.24 bits per heavy atom. The van der Waals surface area contributed by atoms with Crippen LogP contribution in [0.1, 0.15) is 28.7 Å². The zero-order valence-electron chi connectivity index (χ0n) is 13.5. The highest BCUT2D eigenvalue weighted by atomic mass is 16.1. The summed E-state index contributed by atoms with van der Waals surface area (Å²) in [4.78, 5) is 23.0. The van der Waals surface area contributed by atoms with Crippen molar-refractivity contribution in [3.63, 3.8) is 0 Å². The lowest BCUT2D eigenvalue weighted by Gasteiger charge is -2.14. The summed E-state index contributed by atoms with van der Waals surface area (Å²) in [5.41, 5.74) is 10.9. The Morgan fingerprint density at radius 3 is 2.68 bits per heavy atom. The number of hydrogen-bond acceptors (Lipinski definition) is 4. The normalized spacial score (nSPS) is 12.4. The average Bonchev–Trinajstić information content (AvgIpc) is 3.18. The van der Waals surface area contributed by atoms with Gasteiger partial charge in [-0.1, -0.05) is 0 Å². The number of hydrogen-bond donors (Lipinski definition) is 3. The number of amides is 2. The lowest BCUT2D eigenvalue weighted by atomic mass is 9.93. The van der Waals surface area contributed by atoms with E-state index in [0.29, 0.717) is 12.1 Å². The minimum absolute atomic E-state index is 0.136. The minimum atomic E-state index is -0.545. The number of nitrogens with one attached hydrogen (secondary N) is 2. The molecule has 1 aliphatic rings. The van der Waals surface area contributed by atoms with E-state index < -0.39 is 5.91 Å². The van der Waals surface area contributed by atoms with Gasteiger partial charge in [-0.15, -0.1) is 0 Å². The van der Waals surface area contributed by atoms with E-state index in [1.54, 1.807) is 23.0 Å². The topological polar surface area (TPSA) is 119 Å². The number of benzene rings is 1. The van der Waals surface area contributed by atoms with Crippen LogP contribution in [0.5, 0.6) is 0 Å². The molecule has 0 fully saturated rings. The Kier molecular flexibility index (Phi) is 3.38. The lowest BCUT2D eigenvalue weighted by Crippen LogP contribution is -2.15. The van der Waals surface area contributed by atoms with Gasteiger partial charge >= 0.3 is 0 Å². The number of aryl methyl sites for hydroxylation is 1. The van der Waals surface area contributed by atoms with Crippen LogP contribution >= 0.6 is 0 Å². The minimum Gasteiger partial charge on any atom is -0.364 e. The number of aromatic amines is 1. The number of aromatic nitrogens is 4. The molecule has 0 spiro atoms. The molecule has 3 aromatic rings. The average molecular weight is 336 g/mol. The van der Waals surface area contributed by atoms with E-state index in [0.717, 1.165) is 34.6 Å². The van der Waals surface area contributed by atoms with E-state index in [1.807, 2.05) is 12.1 Å². The van der Waals surface area contributed by atoms with Gasteiger partial charge in [-0.05, 0) is 37.1 Å². The zero-order valence-corrected chi connectivity index (χ0v) is 13.5. The predicted octanol–water partition coefficient (Wildman–Crippen LogP) is 1.42. The van der Waals surface area contributed by atoms with Crippen LogP contribution in [-0.2, 0) is 17.6 Å². The van der Waals surface area contributed by atoms with Crippen molar-refractivity contribution in [1.29, 1.82) is 0 Å². The molecule has 8 heteroatoms. The highest BCUT2D eigenvalue weighted by Gasteiger charge is 2.29. The van der Waals surface area contributed by atoms with Gasteiger partial charge in [0, 0.05) is 29.4 Å². The van der Waals surface area contributed by atoms with Gasteiger partial charge in [0.2, 0.25) is 5.91 Å². The number of carbonyl (C=O) groups is 2. The molecule has 2 aromatic heterocycles. The predicted molar refractivity (Wildman–Crippen MR) is 91.4 cm³/mol. The van der Waals surface area contributed by atoms with Crippen LogP contribution in [0.4, 0.5) is 5.69 Å². The third-order valence-corrected chi connectivity index (χ3v) is 4.25. The first-order valence-electron chi connectivity index (χ1n) is 7.87. The second kappa shape index (κ2) is 5.59. The van der Waals surface area contributed by atoms with Crippen LogP contribution in [0.2, 0.25) is 0 Å². The molecule has 25 heavy (non-hydrogen) atoms. The number of rotatable bonds is 3. The van der Waals surface area contributed by atoms with E-state index in [1.165, 1.54) is 6.92 Å². The van der Waals surface area contributed by atoms with Crippen LogP contribution in [-0.4, -0.2) is 31.8 Å². The number of primary amides is 1. The van der Waals surface area contributed by atoms with Gasteiger partial charge in [0.15, 0.2) is 5.69 Å². The molecule has 4 rings (SSSR count). The molecular formula is C17H16N6O2. The van der Waals surface area contributed by atoms with E-state index in [4.69, 9.17) is 5.73 Å². The van der Waals surface area contributed by atoms with E-state index in [9.17, 15) is 9.59 Å². The van der Waals surface area contributed by atoms with Crippen molar-refractivity contribution < 1.29 is 9.59 Å². The van der Waals surface area contributed by atoms with Crippen LogP contribution in [0.25, 0.3) is 16.9 Å². The molecule has 0 bridgehead atoms. The van der Waals surface area contributed by atoms with Crippen LogP contribution in [0, 0.1) is 0 Å². The number of nitrogens with two attached hydrogens (primary N) is 1. The third kappa shape index (κ3) is 2.47. The molecule has 126 valence electrons. The molecule has 2 amide bonds. The summed E-state index contributed by atoms with van der Waals surface area (Å²) in [5.74, 6) is -0.680. The standard InChI is InChI=1S/C17H16N6O2/c1-9(24)20-10-2-4-11(5-3-10)23-16-12(15(22-23)17(18)25)6-7-14-13(16)8-19-21-14/h2-5,8H,6-7H2,1H3,(H2,18,25)(H,19,21)(H,20,24). The number of carbonyl (C=O) groups excluding carboxylic acids is 2. The Morgan fingerprint density at radius 2 is 2.00 bits per heavy atom. The Labute approximate surface area is 143 Å². The van der Waals surface area contributed by atoms with E-state index in [-0.39, 0.29) is 11.6 Å². The van der Waals surface area contributed by atoms with Crippen LogP contribution < -0.4 is 11.1 Å². The van der Waals surface area contributed by atoms with Gasteiger partial charge in [-0.3, -0.25) is 14.7 Å². The second-order valence-corrected chi connectivity index (χ2v) is 5.94. The molecule has 0 aliphatic heterocycles. The van der Waals surface area contributed by atoms with Crippen molar-refractivity contribution in [3.05, 3.63) is 47.4 Å². The van der Waals surface area contributed by atoms with Gasteiger partial charge in [0.1, 0.15) is 0 Å². The van der Waals surface area contributed by atoms with Crippen molar-refractivity contribution in [3.8, 4) is 16.9 Å². The molecule has 0 radical (unpaired) electrons. The summed E-state index contributed by atoms with van der Waals surface area (Å²) in [7, 11) is 0. The summed E-state index contributed by atoms with van der Waals surface area (Å²) in [5, 5.41) is 14.3. The first-order chi connectivity index (χ1) is 12.0. The van der Waals surface area contributed by atoms with Gasteiger partial charge < -0.3 is 11.1 Å². The highest BCUT2D eigenvalue weighted by molar-refractivity contribution is 5.95. The number of fused-ring (bicyclic) bond motifs is 3. The Balaban J connectivity index is 1.86. The van der Waals surface area contributed by atoms with E-state index >= 15 is 0 Å². The molecule has 0 saturated carbocycles. The maximum Gasteiger partial charge on any atom is 0.269 e. The monoisotopic (exact) mass is 336 g/mol. The van der Waals surface area contributed by atoms with Crippen molar-refractivity contribution in [2.24, 2.45) is 5.73 Å². The number of H-pyrrole nitrogens is 1. The lowest BCUT2D eigenvalue weighted by molar-refractivity contribution is -0.114. The van der Waals surface area contributed by atoms with Crippen molar-refractivity contribution in [2.45, 2.75) is 19.8 Å². The van der Waals surface area contributed by atoms with Crippen molar-refractivity contribution in [2.75, 3.05) is 5.32 Å². The SMILES string of the molecule is CC(=O)Nc1ccc(-n2nc(C(N)=O)c3c2-c2cn[nH]c2CC3)cc1. The quantitative estimate of drug-likeness (QED) is 0.670. The fourth-order valence-corrected chi connectivity index (χ4v) is 3.20. The highest BCUT2D eigenvalue weighted by Crippen LogP contribution is 2.35. The van der Waals surface area contributed by atoms with Gasteiger partial charge in [0.25, 0.3) is 5.91 Å². The summed E-state index contributed by atoms with van der Waals surface area (Å²) in [6.07, 6.45) is 3.17. The summed E-state index contributed by atoms with van der Waals surface area (Å²) in [6.45, 7) is 1.46. The summed E-state index contributed by atoms with van der Waals surface area (Å²) < 4.78 is 1.71. The molecule has 0 atom stereocenters. The summed E-state index contributed by atoms with van der Waals surface area (Å²) >= 11 is 0. The van der Waals surface area contributed by atoms with Crippen molar-refractivity contribution >= 4 is 17.5 Å². The Hall–Kier alpha value is -3.42. The second-order valence-electron chi connectivity index (χ2n) is 5.94. The van der Waals surface area contributed by atoms with Crippen molar-refractivity contribution in [1.82, 2.24) is 20.0 Å². The number of nitrogens with zero attached hydrogens (tertiary/aromatic N) is 3. The molecule has 1 aliphatic carbocycles. The molecule has 1 aromatic carbocycles. The molecule has 0 saturated heterocycles. The van der Waals surface area contributed by atoms with Crippen LogP contribution in [0.3, 0.4) is 0 Å². The molecule has 8 nitrogen and oxygen atoms in total. The molecular weight excluding hydrogens is 320 g/mol. The number of anilines is 1. The zero-order chi connectivity index (χ0) is 17.6. The summed E-state index contributed by atoms with van der Waals surface area (Å²) in [6, 6.07) is 7.23. The van der Waals surface area contributed by atoms with Gasteiger partial charge in [-0.25, -0.2) is 4.68 Å². The molecule has 4 N–H and O–H groups in total. The molecule has 2 heterocycles. The smallest absolute Gasteiger partial charge is 0.269 e. The van der Waals surface area contributed by atoms with Gasteiger partial charge in [-0.2, -0.15) is 10.2 Å². The largest absolute Gasteiger partial charge is 0.364 e. The molecule has 0 unspecified atom stereocenters. The maximum atomic E-state index is 11.8. The fourth-order valence-electron chi connectivity index (χ4n) is 3.20. The first-order valence-corrected chi connectivity index (χ1v) is 7.87. The Bertz CT molecular complexity index is 983. The van der Waals surface area contributed by atoms with Gasteiger partial charge in [0.05, 0.1) is 17.6 Å². The fraction of sp³-hybridized carbons (Fsp3) is 0.176. The first kappa shape index (κ1) is 15.1. The van der Waals surface area contributed by atoms with Crippen LogP contribution in [0.15, 0.2) is 30.5 Å². The maximum absolute atomic E-state index is 11.8. The third-order valence-electron chi connectivity index (χ3n) is 4.25. The van der Waals surface area contributed by atoms with E-state index in [2.05, 4.69) is 20.6 Å².